The number of amides is 1. The van der Waals surface area contributed by atoms with Crippen LogP contribution in [0.15, 0.2) is 24.8 Å². The van der Waals surface area contributed by atoms with Crippen LogP contribution in [0, 0.1) is 0 Å². The quantitative estimate of drug-likeness (QED) is 0.847. The molecule has 1 aromatic carbocycles. The molecule has 0 aliphatic carbocycles. The lowest BCUT2D eigenvalue weighted by Gasteiger charge is -2.25. The van der Waals surface area contributed by atoms with E-state index in [9.17, 15) is 4.79 Å². The van der Waals surface area contributed by atoms with Crippen molar-refractivity contribution < 1.29 is 14.3 Å². The molecule has 4 nitrogen and oxygen atoms in total. The number of methoxy groups -OCH3 is 2. The summed E-state index contributed by atoms with van der Waals surface area (Å²) in [4.78, 5) is 14.0. The Kier molecular flexibility index (Phi) is 4.66. The maximum Gasteiger partial charge on any atom is 0.226 e. The molecule has 0 saturated carbocycles. The fourth-order valence-electron chi connectivity index (χ4n) is 2.54. The molecule has 1 aliphatic rings. The monoisotopic (exact) mass is 275 g/mol. The Bertz CT molecular complexity index is 488. The van der Waals surface area contributed by atoms with Gasteiger partial charge < -0.3 is 14.4 Å². The minimum Gasteiger partial charge on any atom is -0.496 e. The third-order valence-corrected chi connectivity index (χ3v) is 3.62. The molecule has 20 heavy (non-hydrogen) atoms. The zero-order valence-corrected chi connectivity index (χ0v) is 12.1. The van der Waals surface area contributed by atoms with Gasteiger partial charge in [-0.25, -0.2) is 0 Å². The van der Waals surface area contributed by atoms with Crippen molar-refractivity contribution in [2.45, 2.75) is 25.7 Å². The van der Waals surface area contributed by atoms with Crippen LogP contribution in [0.2, 0.25) is 0 Å². The third kappa shape index (κ3) is 2.79. The lowest BCUT2D eigenvalue weighted by Crippen LogP contribution is -2.28. The molecule has 1 fully saturated rings. The molecule has 0 unspecified atom stereocenters. The first-order valence-electron chi connectivity index (χ1n) is 6.89. The molecule has 1 heterocycles. The molecule has 0 spiro atoms. The highest BCUT2D eigenvalue weighted by atomic mass is 16.5. The average Bonchev–Trinajstić information content (AvgIpc) is 2.70. The summed E-state index contributed by atoms with van der Waals surface area (Å²) in [6, 6.07) is 5.56. The predicted octanol–water partition coefficient (Wildman–Crippen LogP) is 3.08. The molecule has 108 valence electrons. The van der Waals surface area contributed by atoms with E-state index >= 15 is 0 Å². The Balaban J connectivity index is 2.39. The lowest BCUT2D eigenvalue weighted by atomic mass is 10.1. The van der Waals surface area contributed by atoms with Gasteiger partial charge in [0.25, 0.3) is 0 Å². The number of carbonyl (C=O) groups is 1. The standard InChI is InChI=1S/C16H21NO3/c1-12(17-11-6-4-5-10-15(17)18)16-13(19-2)8-7-9-14(16)20-3/h7-9H,1,4-6,10-11H2,2-3H3. The summed E-state index contributed by atoms with van der Waals surface area (Å²) in [5, 5.41) is 0. The number of carbonyl (C=O) groups excluding carboxylic acids is 1. The molecule has 0 atom stereocenters. The topological polar surface area (TPSA) is 38.8 Å². The van der Waals surface area contributed by atoms with E-state index in [4.69, 9.17) is 9.47 Å². The van der Waals surface area contributed by atoms with Crippen molar-refractivity contribution in [3.8, 4) is 11.5 Å². The molecule has 0 radical (unpaired) electrons. The van der Waals surface area contributed by atoms with Crippen LogP contribution >= 0.6 is 0 Å². The Morgan fingerprint density at radius 1 is 1.15 bits per heavy atom. The van der Waals surface area contributed by atoms with Gasteiger partial charge in [0.2, 0.25) is 5.91 Å². The second kappa shape index (κ2) is 6.46. The van der Waals surface area contributed by atoms with Gasteiger partial charge in [-0.05, 0) is 25.0 Å². The van der Waals surface area contributed by atoms with E-state index in [-0.39, 0.29) is 5.91 Å². The van der Waals surface area contributed by atoms with Gasteiger partial charge in [0.05, 0.1) is 25.5 Å². The normalized spacial score (nSPS) is 15.7. The molecule has 1 aliphatic heterocycles. The van der Waals surface area contributed by atoms with Crippen molar-refractivity contribution in [3.63, 3.8) is 0 Å². The zero-order valence-electron chi connectivity index (χ0n) is 12.1. The number of hydrogen-bond donors (Lipinski definition) is 0. The van der Waals surface area contributed by atoms with E-state index in [1.165, 1.54) is 0 Å². The van der Waals surface area contributed by atoms with Crippen LogP contribution in [0.25, 0.3) is 5.70 Å². The van der Waals surface area contributed by atoms with Crippen LogP contribution in [0.5, 0.6) is 11.5 Å². The van der Waals surface area contributed by atoms with Gasteiger partial charge in [-0.3, -0.25) is 4.79 Å². The molecule has 1 amide bonds. The van der Waals surface area contributed by atoms with Gasteiger partial charge in [0.15, 0.2) is 0 Å². The Morgan fingerprint density at radius 2 is 1.80 bits per heavy atom. The van der Waals surface area contributed by atoms with Crippen molar-refractivity contribution in [2.75, 3.05) is 20.8 Å². The number of ether oxygens (including phenoxy) is 2. The number of likely N-dealkylation sites (tertiary alicyclic amines) is 1. The van der Waals surface area contributed by atoms with Gasteiger partial charge in [-0.15, -0.1) is 0 Å². The number of nitrogens with zero attached hydrogens (tertiary/aromatic N) is 1. The molecule has 1 aromatic rings. The molecule has 0 bridgehead atoms. The van der Waals surface area contributed by atoms with Crippen LogP contribution in [0.4, 0.5) is 0 Å². The van der Waals surface area contributed by atoms with Gasteiger partial charge in [0, 0.05) is 13.0 Å². The molecule has 1 saturated heterocycles. The van der Waals surface area contributed by atoms with Gasteiger partial charge >= 0.3 is 0 Å². The van der Waals surface area contributed by atoms with Crippen LogP contribution in [-0.2, 0) is 4.79 Å². The predicted molar refractivity (Wildman–Crippen MR) is 78.8 cm³/mol. The molecule has 2 rings (SSSR count). The summed E-state index contributed by atoms with van der Waals surface area (Å²) in [5.41, 5.74) is 1.42. The van der Waals surface area contributed by atoms with Gasteiger partial charge in [0.1, 0.15) is 11.5 Å². The van der Waals surface area contributed by atoms with E-state index in [1.807, 2.05) is 18.2 Å². The largest absolute Gasteiger partial charge is 0.496 e. The number of rotatable bonds is 4. The first kappa shape index (κ1) is 14.4. The first-order chi connectivity index (χ1) is 9.69. The van der Waals surface area contributed by atoms with E-state index in [2.05, 4.69) is 6.58 Å². The maximum absolute atomic E-state index is 12.2. The molecular formula is C16H21NO3. The summed E-state index contributed by atoms with van der Waals surface area (Å²) in [7, 11) is 3.21. The number of benzene rings is 1. The fraction of sp³-hybridized carbons (Fsp3) is 0.438. The van der Waals surface area contributed by atoms with Crippen LogP contribution in [0.1, 0.15) is 31.2 Å². The summed E-state index contributed by atoms with van der Waals surface area (Å²) in [5.74, 6) is 1.47. The summed E-state index contributed by atoms with van der Waals surface area (Å²) < 4.78 is 10.8. The second-order valence-electron chi connectivity index (χ2n) is 4.84. The highest BCUT2D eigenvalue weighted by Gasteiger charge is 2.24. The van der Waals surface area contributed by atoms with E-state index in [0.29, 0.717) is 30.2 Å². The van der Waals surface area contributed by atoms with Crippen molar-refractivity contribution in [3.05, 3.63) is 30.3 Å². The Hall–Kier alpha value is -1.97. The SMILES string of the molecule is C=C(c1c(OC)cccc1OC)N1CCCCCC1=O. The highest BCUT2D eigenvalue weighted by Crippen LogP contribution is 2.36. The minimum atomic E-state index is 0.125. The summed E-state index contributed by atoms with van der Waals surface area (Å²) in [6.07, 6.45) is 3.61. The van der Waals surface area contributed by atoms with E-state index in [0.717, 1.165) is 24.8 Å². The van der Waals surface area contributed by atoms with Crippen molar-refractivity contribution in [1.29, 1.82) is 0 Å². The summed E-state index contributed by atoms with van der Waals surface area (Å²) >= 11 is 0. The number of hydrogen-bond acceptors (Lipinski definition) is 3. The molecule has 0 N–H and O–H groups in total. The van der Waals surface area contributed by atoms with E-state index < -0.39 is 0 Å². The lowest BCUT2D eigenvalue weighted by molar-refractivity contribution is -0.127. The second-order valence-corrected chi connectivity index (χ2v) is 4.84. The van der Waals surface area contributed by atoms with Crippen molar-refractivity contribution >= 4 is 11.6 Å². The first-order valence-corrected chi connectivity index (χ1v) is 6.89. The smallest absolute Gasteiger partial charge is 0.226 e. The van der Waals surface area contributed by atoms with Crippen molar-refractivity contribution in [2.24, 2.45) is 0 Å². The van der Waals surface area contributed by atoms with Crippen LogP contribution < -0.4 is 9.47 Å². The Morgan fingerprint density at radius 3 is 2.40 bits per heavy atom. The minimum absolute atomic E-state index is 0.125. The molecule has 0 aromatic heterocycles. The summed E-state index contributed by atoms with van der Waals surface area (Å²) in [6.45, 7) is 4.81. The maximum atomic E-state index is 12.2. The third-order valence-electron chi connectivity index (χ3n) is 3.62. The highest BCUT2D eigenvalue weighted by molar-refractivity contribution is 5.88. The average molecular weight is 275 g/mol. The van der Waals surface area contributed by atoms with Crippen LogP contribution in [0.3, 0.4) is 0 Å². The Labute approximate surface area is 120 Å². The fourth-order valence-corrected chi connectivity index (χ4v) is 2.54. The van der Waals surface area contributed by atoms with Crippen molar-refractivity contribution in [1.82, 2.24) is 4.90 Å². The van der Waals surface area contributed by atoms with Crippen LogP contribution in [-0.4, -0.2) is 31.6 Å². The van der Waals surface area contributed by atoms with E-state index in [1.54, 1.807) is 19.1 Å². The zero-order chi connectivity index (χ0) is 14.5. The molecule has 4 heteroatoms. The van der Waals surface area contributed by atoms with Gasteiger partial charge in [-0.2, -0.15) is 0 Å². The van der Waals surface area contributed by atoms with Gasteiger partial charge in [-0.1, -0.05) is 19.1 Å². The molecular weight excluding hydrogens is 254 g/mol.